The van der Waals surface area contributed by atoms with Crippen LogP contribution in [0, 0.1) is 0 Å². The number of rotatable bonds is 9. The van der Waals surface area contributed by atoms with Crippen LogP contribution in [0.4, 0.5) is 0 Å². The van der Waals surface area contributed by atoms with Gasteiger partial charge in [-0.2, -0.15) is 0 Å². The molecule has 124 valence electrons. The summed E-state index contributed by atoms with van der Waals surface area (Å²) in [6.07, 6.45) is 5.95. The van der Waals surface area contributed by atoms with Crippen LogP contribution in [-0.2, 0) is 4.79 Å². The zero-order chi connectivity index (χ0) is 17.1. The van der Waals surface area contributed by atoms with Crippen LogP contribution < -0.4 is 16.2 Å². The van der Waals surface area contributed by atoms with Crippen molar-refractivity contribution in [3.05, 3.63) is 35.9 Å². The van der Waals surface area contributed by atoms with Crippen molar-refractivity contribution in [3.8, 4) is 5.75 Å². The van der Waals surface area contributed by atoms with Gasteiger partial charge in [-0.15, -0.1) is 0 Å². The Morgan fingerprint density at radius 1 is 1.35 bits per heavy atom. The first-order valence-electron chi connectivity index (χ1n) is 7.15. The molecule has 1 aromatic rings. The summed E-state index contributed by atoms with van der Waals surface area (Å²) in [5.74, 6) is -0.186. The lowest BCUT2D eigenvalue weighted by Crippen LogP contribution is -2.23. The van der Waals surface area contributed by atoms with E-state index in [4.69, 9.17) is 21.3 Å². The quantitative estimate of drug-likeness (QED) is 0.359. The Morgan fingerprint density at radius 3 is 2.61 bits per heavy atom. The molecule has 1 rings (SSSR count). The van der Waals surface area contributed by atoms with Gasteiger partial charge in [-0.3, -0.25) is 9.98 Å². The Balaban J connectivity index is 2.51. The molecule has 0 saturated heterocycles. The van der Waals surface area contributed by atoms with Crippen LogP contribution in [0.3, 0.4) is 0 Å². The number of aliphatic carboxylic acids is 1. The molecule has 0 heterocycles. The molecule has 1 aromatic carbocycles. The lowest BCUT2D eigenvalue weighted by Gasteiger charge is -2.05. The van der Waals surface area contributed by atoms with Crippen LogP contribution in [0.1, 0.15) is 18.4 Å². The summed E-state index contributed by atoms with van der Waals surface area (Å²) < 4.78 is 5.07. The van der Waals surface area contributed by atoms with Gasteiger partial charge in [-0.1, -0.05) is 18.2 Å². The van der Waals surface area contributed by atoms with Crippen LogP contribution in [0.15, 0.2) is 40.3 Å². The highest BCUT2D eigenvalue weighted by Crippen LogP contribution is 2.12. The monoisotopic (exact) mass is 318 g/mol. The Bertz CT molecular complexity index is 575. The third-order valence-electron chi connectivity index (χ3n) is 2.97. The zero-order valence-corrected chi connectivity index (χ0v) is 13.1. The number of benzene rings is 1. The average Bonchev–Trinajstić information content (AvgIpc) is 2.53. The van der Waals surface area contributed by atoms with Gasteiger partial charge in [0.15, 0.2) is 5.96 Å². The van der Waals surface area contributed by atoms with Crippen LogP contribution in [0.2, 0.25) is 0 Å². The number of allylic oxidation sites excluding steroid dienone is 1. The van der Waals surface area contributed by atoms with E-state index in [0.29, 0.717) is 19.4 Å². The normalized spacial score (nSPS) is 12.4. The lowest BCUT2D eigenvalue weighted by molar-refractivity contribution is -0.138. The maximum absolute atomic E-state index is 11.1. The number of carbonyl (C=O) groups is 1. The first kappa shape index (κ1) is 18.2. The summed E-state index contributed by atoms with van der Waals surface area (Å²) in [4.78, 5) is 19.0. The van der Waals surface area contributed by atoms with Crippen molar-refractivity contribution in [2.75, 3.05) is 13.7 Å². The summed E-state index contributed by atoms with van der Waals surface area (Å²) in [5.41, 5.74) is 11.4. The van der Waals surface area contributed by atoms with Gasteiger partial charge in [0.1, 0.15) is 11.8 Å². The SMILES string of the molecule is COc1ccc(/C=C/C=N[C@@H](CCCN=C(N)N)C(=O)O)cc1. The number of methoxy groups -OCH3 is 1. The molecule has 0 aliphatic heterocycles. The van der Waals surface area contributed by atoms with Crippen LogP contribution in [0.25, 0.3) is 6.08 Å². The van der Waals surface area contributed by atoms with Crippen molar-refractivity contribution in [1.82, 2.24) is 0 Å². The van der Waals surface area contributed by atoms with E-state index in [0.717, 1.165) is 11.3 Å². The third-order valence-corrected chi connectivity index (χ3v) is 2.97. The third kappa shape index (κ3) is 7.66. The number of hydrogen-bond acceptors (Lipinski definition) is 4. The van der Waals surface area contributed by atoms with Gasteiger partial charge in [0.2, 0.25) is 0 Å². The summed E-state index contributed by atoms with van der Waals surface area (Å²) in [5, 5.41) is 9.12. The fraction of sp³-hybridized carbons (Fsp3) is 0.312. The smallest absolute Gasteiger partial charge is 0.328 e. The predicted octanol–water partition coefficient (Wildman–Crippen LogP) is 1.29. The van der Waals surface area contributed by atoms with Crippen LogP contribution in [0.5, 0.6) is 5.75 Å². The Hall–Kier alpha value is -2.83. The van der Waals surface area contributed by atoms with Gasteiger partial charge in [-0.25, -0.2) is 4.79 Å². The maximum Gasteiger partial charge on any atom is 0.328 e. The van der Waals surface area contributed by atoms with Crippen molar-refractivity contribution in [3.63, 3.8) is 0 Å². The number of ether oxygens (including phenoxy) is 1. The fourth-order valence-electron chi connectivity index (χ4n) is 1.78. The largest absolute Gasteiger partial charge is 0.497 e. The molecule has 0 aromatic heterocycles. The highest BCUT2D eigenvalue weighted by atomic mass is 16.5. The van der Waals surface area contributed by atoms with Gasteiger partial charge in [0.05, 0.1) is 7.11 Å². The topological polar surface area (TPSA) is 123 Å². The summed E-state index contributed by atoms with van der Waals surface area (Å²) in [6, 6.07) is 6.69. The molecule has 0 spiro atoms. The second-order valence-corrected chi connectivity index (χ2v) is 4.73. The van der Waals surface area contributed by atoms with Crippen molar-refractivity contribution in [2.45, 2.75) is 18.9 Å². The Kier molecular flexibility index (Phi) is 7.91. The first-order valence-corrected chi connectivity index (χ1v) is 7.15. The van der Waals surface area contributed by atoms with Gasteiger partial charge in [-0.05, 0) is 36.6 Å². The fourth-order valence-corrected chi connectivity index (χ4v) is 1.78. The molecule has 5 N–H and O–H groups in total. The van der Waals surface area contributed by atoms with E-state index in [1.54, 1.807) is 13.2 Å². The summed E-state index contributed by atoms with van der Waals surface area (Å²) >= 11 is 0. The molecular weight excluding hydrogens is 296 g/mol. The molecule has 7 nitrogen and oxygen atoms in total. The van der Waals surface area contributed by atoms with Crippen molar-refractivity contribution < 1.29 is 14.6 Å². The number of guanidine groups is 1. The van der Waals surface area contributed by atoms with Gasteiger partial charge < -0.3 is 21.3 Å². The van der Waals surface area contributed by atoms with Crippen molar-refractivity contribution in [1.29, 1.82) is 0 Å². The highest BCUT2D eigenvalue weighted by Gasteiger charge is 2.13. The van der Waals surface area contributed by atoms with E-state index >= 15 is 0 Å². The standard InChI is InChI=1S/C16H22N4O3/c1-23-13-8-6-12(7-9-13)4-2-10-19-14(15(21)22)5-3-11-20-16(17)18/h2,4,6-10,14H,3,5,11H2,1H3,(H,21,22)(H4,17,18,20)/b4-2+,19-10?/t14-/m0/s1. The molecule has 0 radical (unpaired) electrons. The number of carboxylic acid groups (broad SMARTS) is 1. The molecular formula is C16H22N4O3. The van der Waals surface area contributed by atoms with Crippen molar-refractivity contribution >= 4 is 24.2 Å². The van der Waals surface area contributed by atoms with Gasteiger partial charge >= 0.3 is 5.97 Å². The molecule has 0 bridgehead atoms. The predicted molar refractivity (Wildman–Crippen MR) is 91.9 cm³/mol. The first-order chi connectivity index (χ1) is 11.0. The van der Waals surface area contributed by atoms with Gasteiger partial charge in [0.25, 0.3) is 0 Å². The number of aliphatic imine (C=N–C) groups is 2. The molecule has 0 fully saturated rings. The number of nitrogens with two attached hydrogens (primary N) is 2. The molecule has 0 aliphatic carbocycles. The number of carboxylic acids is 1. The van der Waals surface area contributed by atoms with E-state index in [2.05, 4.69) is 9.98 Å². The van der Waals surface area contributed by atoms with E-state index in [1.165, 1.54) is 6.21 Å². The Labute approximate surface area is 135 Å². The zero-order valence-electron chi connectivity index (χ0n) is 13.1. The minimum atomic E-state index is -0.969. The van der Waals surface area contributed by atoms with E-state index < -0.39 is 12.0 Å². The Morgan fingerprint density at radius 2 is 2.04 bits per heavy atom. The van der Waals surface area contributed by atoms with E-state index in [1.807, 2.05) is 30.3 Å². The minimum Gasteiger partial charge on any atom is -0.497 e. The summed E-state index contributed by atoms with van der Waals surface area (Å²) in [6.45, 7) is 0.392. The van der Waals surface area contributed by atoms with Crippen molar-refractivity contribution in [2.24, 2.45) is 21.5 Å². The maximum atomic E-state index is 11.1. The average molecular weight is 318 g/mol. The molecule has 0 saturated carbocycles. The molecule has 1 atom stereocenters. The molecule has 0 unspecified atom stereocenters. The van der Waals surface area contributed by atoms with Gasteiger partial charge in [0, 0.05) is 12.8 Å². The lowest BCUT2D eigenvalue weighted by atomic mass is 10.1. The van der Waals surface area contributed by atoms with Crippen LogP contribution >= 0.6 is 0 Å². The molecule has 23 heavy (non-hydrogen) atoms. The second-order valence-electron chi connectivity index (χ2n) is 4.73. The second kappa shape index (κ2) is 9.99. The van der Waals surface area contributed by atoms with E-state index in [-0.39, 0.29) is 5.96 Å². The molecule has 0 aliphatic rings. The molecule has 7 heteroatoms. The number of hydrogen-bond donors (Lipinski definition) is 3. The van der Waals surface area contributed by atoms with Crippen LogP contribution in [-0.4, -0.2) is 42.9 Å². The summed E-state index contributed by atoms with van der Waals surface area (Å²) in [7, 11) is 1.61. The minimum absolute atomic E-state index is 0.00259. The van der Waals surface area contributed by atoms with E-state index in [9.17, 15) is 4.79 Å². The molecule has 0 amide bonds. The number of nitrogens with zero attached hydrogens (tertiary/aromatic N) is 2. The highest BCUT2D eigenvalue weighted by molar-refractivity contribution is 5.82.